The molecule has 4 rings (SSSR count). The second-order valence-electron chi connectivity index (χ2n) is 8.61. The van der Waals surface area contributed by atoms with Crippen LogP contribution in [-0.2, 0) is 45.1 Å². The predicted molar refractivity (Wildman–Crippen MR) is 150 cm³/mol. The van der Waals surface area contributed by atoms with Crippen LogP contribution >= 0.6 is 0 Å². The molecule has 0 fully saturated rings. The number of para-hydroxylation sites is 1. The van der Waals surface area contributed by atoms with Gasteiger partial charge in [0.15, 0.2) is 0 Å². The Morgan fingerprint density at radius 1 is 0.821 bits per heavy atom. The van der Waals surface area contributed by atoms with Gasteiger partial charge in [-0.05, 0) is 66.9 Å². The molecule has 0 spiro atoms. The highest BCUT2D eigenvalue weighted by Crippen LogP contribution is 2.27. The molecule has 0 aliphatic rings. The van der Waals surface area contributed by atoms with Crippen molar-refractivity contribution in [3.05, 3.63) is 94.7 Å². The summed E-state index contributed by atoms with van der Waals surface area (Å²) in [5, 5.41) is 0.955. The summed E-state index contributed by atoms with van der Waals surface area (Å²) in [5.74, 6) is 1.40. The Bertz CT molecular complexity index is 1390. The molecule has 4 aromatic rings. The van der Waals surface area contributed by atoms with E-state index < -0.39 is 0 Å². The van der Waals surface area contributed by atoms with Gasteiger partial charge in [0.05, 0.1) is 26.6 Å². The van der Waals surface area contributed by atoms with Crippen molar-refractivity contribution in [2.24, 2.45) is 0 Å². The van der Waals surface area contributed by atoms with Crippen molar-refractivity contribution in [3.63, 3.8) is 0 Å². The summed E-state index contributed by atoms with van der Waals surface area (Å²) in [4.78, 5) is 23.5. The third kappa shape index (κ3) is 8.37. The summed E-state index contributed by atoms with van der Waals surface area (Å²) in [6, 6.07) is 20.9. The van der Waals surface area contributed by atoms with E-state index in [0.29, 0.717) is 30.5 Å². The van der Waals surface area contributed by atoms with Crippen molar-refractivity contribution in [1.82, 2.24) is 0 Å². The van der Waals surface area contributed by atoms with Crippen molar-refractivity contribution in [2.75, 3.05) is 13.7 Å². The molecule has 0 unspecified atom stereocenters. The Labute approximate surface area is 229 Å². The van der Waals surface area contributed by atoms with E-state index in [0.717, 1.165) is 33.2 Å². The van der Waals surface area contributed by atoms with Gasteiger partial charge in [0, 0.05) is 10.9 Å². The lowest BCUT2D eigenvalue weighted by atomic mass is 10.1. The number of fused-ring (bicyclic) bond motifs is 1. The lowest BCUT2D eigenvalue weighted by Gasteiger charge is -2.10. The number of aryl methyl sites for hydroxylation is 1. The maximum Gasteiger partial charge on any atom is 0.310 e. The molecule has 7 heteroatoms. The molecule has 0 saturated carbocycles. The number of methoxy groups -OCH3 is 1. The molecular weight excluding hydrogens is 496 g/mol. The summed E-state index contributed by atoms with van der Waals surface area (Å²) in [6.07, 6.45) is 0.351. The van der Waals surface area contributed by atoms with Crippen LogP contribution in [0.2, 0.25) is 0 Å². The Balaban J connectivity index is 0.00000205. The number of hydrogen-bond acceptors (Lipinski definition) is 7. The van der Waals surface area contributed by atoms with Crippen molar-refractivity contribution in [1.29, 1.82) is 0 Å². The second-order valence-corrected chi connectivity index (χ2v) is 8.61. The molecule has 39 heavy (non-hydrogen) atoms. The number of ether oxygens (including phenoxy) is 4. The molecule has 206 valence electrons. The van der Waals surface area contributed by atoms with Crippen molar-refractivity contribution >= 4 is 22.9 Å². The molecule has 1 heterocycles. The molecule has 0 bridgehead atoms. The highest BCUT2D eigenvalue weighted by atomic mass is 16.5. The highest BCUT2D eigenvalue weighted by Gasteiger charge is 2.13. The monoisotopic (exact) mass is 532 g/mol. The molecule has 0 N–H and O–H groups in total. The van der Waals surface area contributed by atoms with Crippen LogP contribution in [0.3, 0.4) is 0 Å². The normalized spacial score (nSPS) is 10.4. The number of rotatable bonds is 11. The minimum Gasteiger partial charge on any atom is -0.489 e. The van der Waals surface area contributed by atoms with E-state index in [1.807, 2.05) is 87.5 Å². The summed E-state index contributed by atoms with van der Waals surface area (Å²) in [5.41, 5.74) is 4.38. The SMILES string of the molecule is CC.CCOC(=O)Cc1ccccc1OCc1cc2cc(COc3cccc(CC(=O)OC)c3)cc(C)c2o1. The standard InChI is InChI=1S/C30H30O7.C2H6/c1-4-34-29(32)17-23-9-5-6-11-27(23)36-19-26-16-24-13-22(12-20(2)30(24)37-26)18-35-25-10-7-8-21(14-25)15-28(31)33-3;1-2/h5-14,16H,4,15,17-19H2,1-3H3;1-2H3. The topological polar surface area (TPSA) is 84.2 Å². The van der Waals surface area contributed by atoms with Gasteiger partial charge in [-0.2, -0.15) is 0 Å². The lowest BCUT2D eigenvalue weighted by Crippen LogP contribution is -2.09. The molecule has 0 aliphatic heterocycles. The molecule has 0 amide bonds. The van der Waals surface area contributed by atoms with Gasteiger partial charge in [-0.25, -0.2) is 0 Å². The number of carbonyl (C=O) groups excluding carboxylic acids is 2. The molecule has 1 aromatic heterocycles. The first-order valence-corrected chi connectivity index (χ1v) is 13.1. The minimum atomic E-state index is -0.291. The highest BCUT2D eigenvalue weighted by molar-refractivity contribution is 5.82. The van der Waals surface area contributed by atoms with Gasteiger partial charge >= 0.3 is 11.9 Å². The average molecular weight is 533 g/mol. The van der Waals surface area contributed by atoms with E-state index in [2.05, 4.69) is 0 Å². The van der Waals surface area contributed by atoms with Crippen LogP contribution in [0, 0.1) is 6.92 Å². The first kappa shape index (κ1) is 29.3. The molecular formula is C32H36O7. The van der Waals surface area contributed by atoms with Gasteiger partial charge in [-0.3, -0.25) is 9.59 Å². The summed E-state index contributed by atoms with van der Waals surface area (Å²) in [7, 11) is 1.37. The fourth-order valence-corrected chi connectivity index (χ4v) is 4.07. The van der Waals surface area contributed by atoms with Crippen LogP contribution in [0.5, 0.6) is 11.5 Å². The molecule has 0 saturated heterocycles. The maximum absolute atomic E-state index is 11.9. The van der Waals surface area contributed by atoms with E-state index in [1.165, 1.54) is 7.11 Å². The largest absolute Gasteiger partial charge is 0.489 e. The fraction of sp³-hybridized carbons (Fsp3) is 0.312. The van der Waals surface area contributed by atoms with Crippen LogP contribution in [0.15, 0.2) is 71.1 Å². The zero-order chi connectivity index (χ0) is 28.2. The molecule has 0 atom stereocenters. The van der Waals surface area contributed by atoms with E-state index in [1.54, 1.807) is 6.92 Å². The smallest absolute Gasteiger partial charge is 0.310 e. The summed E-state index contributed by atoms with van der Waals surface area (Å²) >= 11 is 0. The minimum absolute atomic E-state index is 0.151. The first-order chi connectivity index (χ1) is 18.9. The summed E-state index contributed by atoms with van der Waals surface area (Å²) in [6.45, 7) is 8.72. The maximum atomic E-state index is 11.9. The van der Waals surface area contributed by atoms with Gasteiger partial charge < -0.3 is 23.4 Å². The van der Waals surface area contributed by atoms with Crippen LogP contribution in [-0.4, -0.2) is 25.7 Å². The van der Waals surface area contributed by atoms with Crippen molar-refractivity contribution in [2.45, 2.75) is 53.8 Å². The van der Waals surface area contributed by atoms with E-state index in [-0.39, 0.29) is 31.4 Å². The number of carbonyl (C=O) groups is 2. The quantitative estimate of drug-likeness (QED) is 0.198. The Morgan fingerprint density at radius 3 is 2.38 bits per heavy atom. The van der Waals surface area contributed by atoms with Crippen LogP contribution < -0.4 is 9.47 Å². The molecule has 7 nitrogen and oxygen atoms in total. The van der Waals surface area contributed by atoms with E-state index >= 15 is 0 Å². The van der Waals surface area contributed by atoms with Crippen molar-refractivity contribution in [3.8, 4) is 11.5 Å². The van der Waals surface area contributed by atoms with E-state index in [9.17, 15) is 9.59 Å². The zero-order valence-electron chi connectivity index (χ0n) is 23.2. The van der Waals surface area contributed by atoms with Crippen LogP contribution in [0.1, 0.15) is 48.8 Å². The third-order valence-corrected chi connectivity index (χ3v) is 5.78. The first-order valence-electron chi connectivity index (χ1n) is 13.1. The number of hydrogen-bond donors (Lipinski definition) is 0. The lowest BCUT2D eigenvalue weighted by molar-refractivity contribution is -0.142. The number of benzene rings is 3. The second kappa shape index (κ2) is 14.6. The Hall–Kier alpha value is -4.26. The van der Waals surface area contributed by atoms with Gasteiger partial charge in [0.25, 0.3) is 0 Å². The molecule has 0 radical (unpaired) electrons. The van der Waals surface area contributed by atoms with Gasteiger partial charge in [-0.1, -0.05) is 44.2 Å². The number of esters is 2. The zero-order valence-corrected chi connectivity index (χ0v) is 23.2. The van der Waals surface area contributed by atoms with Gasteiger partial charge in [-0.15, -0.1) is 0 Å². The van der Waals surface area contributed by atoms with Gasteiger partial charge in [0.2, 0.25) is 0 Å². The fourth-order valence-electron chi connectivity index (χ4n) is 4.07. The Kier molecular flexibility index (Phi) is 11.0. The third-order valence-electron chi connectivity index (χ3n) is 5.78. The van der Waals surface area contributed by atoms with Gasteiger partial charge in [0.1, 0.15) is 36.1 Å². The molecule has 3 aromatic carbocycles. The Morgan fingerprint density at radius 2 is 1.62 bits per heavy atom. The summed E-state index contributed by atoms with van der Waals surface area (Å²) < 4.78 is 27.8. The number of furan rings is 1. The van der Waals surface area contributed by atoms with E-state index in [4.69, 9.17) is 23.4 Å². The van der Waals surface area contributed by atoms with Crippen LogP contribution in [0.25, 0.3) is 11.0 Å². The average Bonchev–Trinajstić information content (AvgIpc) is 3.36. The predicted octanol–water partition coefficient (Wildman–Crippen LogP) is 6.75. The van der Waals surface area contributed by atoms with Crippen LogP contribution in [0.4, 0.5) is 0 Å². The van der Waals surface area contributed by atoms with Crippen molar-refractivity contribution < 1.29 is 33.0 Å². The molecule has 0 aliphatic carbocycles.